The second-order valence-corrected chi connectivity index (χ2v) is 6.84. The van der Waals surface area contributed by atoms with Crippen LogP contribution in [-0.2, 0) is 10.0 Å². The van der Waals surface area contributed by atoms with Crippen molar-refractivity contribution in [2.24, 2.45) is 0 Å². The molecular weight excluding hydrogens is 278 g/mol. The van der Waals surface area contributed by atoms with Crippen LogP contribution in [0.15, 0.2) is 24.5 Å². The molecule has 6 nitrogen and oxygen atoms in total. The van der Waals surface area contributed by atoms with E-state index in [1.807, 2.05) is 0 Å². The standard InChI is InChI=1S/C13H19N3O3S/c1-20(18,19)15-10-12-4-2-3-9-16(12)13(17)11-5-7-14-8-6-11/h5-8,12,15H,2-4,9-10H2,1H3/t12-/m0/s1. The van der Waals surface area contributed by atoms with E-state index in [0.29, 0.717) is 12.1 Å². The van der Waals surface area contributed by atoms with Gasteiger partial charge in [0.15, 0.2) is 0 Å². The molecule has 20 heavy (non-hydrogen) atoms. The van der Waals surface area contributed by atoms with Gasteiger partial charge in [0.05, 0.1) is 6.26 Å². The molecule has 0 bridgehead atoms. The zero-order chi connectivity index (χ0) is 14.6. The molecule has 1 fully saturated rings. The van der Waals surface area contributed by atoms with Crippen molar-refractivity contribution < 1.29 is 13.2 Å². The van der Waals surface area contributed by atoms with E-state index in [0.717, 1.165) is 25.5 Å². The predicted octanol–water partition coefficient (Wildman–Crippen LogP) is 0.625. The minimum atomic E-state index is -3.24. The van der Waals surface area contributed by atoms with Crippen molar-refractivity contribution in [1.82, 2.24) is 14.6 Å². The molecule has 1 aliphatic heterocycles. The largest absolute Gasteiger partial charge is 0.334 e. The number of sulfonamides is 1. The molecule has 0 radical (unpaired) electrons. The number of pyridine rings is 1. The molecule has 1 aromatic rings. The Kier molecular flexibility index (Phi) is 4.72. The van der Waals surface area contributed by atoms with Crippen LogP contribution in [-0.4, -0.2) is 49.6 Å². The summed E-state index contributed by atoms with van der Waals surface area (Å²) in [6, 6.07) is 3.27. The van der Waals surface area contributed by atoms with E-state index in [9.17, 15) is 13.2 Å². The van der Waals surface area contributed by atoms with Crippen LogP contribution in [0.1, 0.15) is 29.6 Å². The lowest BCUT2D eigenvalue weighted by molar-refractivity contribution is 0.0618. The third kappa shape index (κ3) is 4.01. The first kappa shape index (κ1) is 14.9. The summed E-state index contributed by atoms with van der Waals surface area (Å²) >= 11 is 0. The van der Waals surface area contributed by atoms with Gasteiger partial charge in [-0.25, -0.2) is 13.1 Å². The minimum Gasteiger partial charge on any atom is -0.334 e. The van der Waals surface area contributed by atoms with E-state index < -0.39 is 10.0 Å². The van der Waals surface area contributed by atoms with Crippen molar-refractivity contribution in [1.29, 1.82) is 0 Å². The van der Waals surface area contributed by atoms with Gasteiger partial charge in [-0.1, -0.05) is 0 Å². The second kappa shape index (κ2) is 6.32. The first-order chi connectivity index (χ1) is 9.47. The van der Waals surface area contributed by atoms with Gasteiger partial charge in [-0.3, -0.25) is 9.78 Å². The van der Waals surface area contributed by atoms with Crippen molar-refractivity contribution in [2.75, 3.05) is 19.3 Å². The van der Waals surface area contributed by atoms with Gasteiger partial charge in [-0.05, 0) is 31.4 Å². The first-order valence-corrected chi connectivity index (χ1v) is 8.52. The zero-order valence-corrected chi connectivity index (χ0v) is 12.3. The summed E-state index contributed by atoms with van der Waals surface area (Å²) in [5.74, 6) is -0.0626. The van der Waals surface area contributed by atoms with Crippen LogP contribution in [0.4, 0.5) is 0 Å². The maximum Gasteiger partial charge on any atom is 0.254 e. The lowest BCUT2D eigenvalue weighted by Gasteiger charge is -2.35. The SMILES string of the molecule is CS(=O)(=O)NC[C@@H]1CCCCN1C(=O)c1ccncc1. The summed E-state index contributed by atoms with van der Waals surface area (Å²) in [6.07, 6.45) is 7.08. The predicted molar refractivity (Wildman–Crippen MR) is 75.8 cm³/mol. The monoisotopic (exact) mass is 297 g/mol. The molecule has 1 atom stereocenters. The molecule has 110 valence electrons. The molecule has 0 aromatic carbocycles. The summed E-state index contributed by atoms with van der Waals surface area (Å²) in [4.78, 5) is 18.1. The Labute approximate surface area is 119 Å². The van der Waals surface area contributed by atoms with Crippen molar-refractivity contribution in [2.45, 2.75) is 25.3 Å². The van der Waals surface area contributed by atoms with E-state index in [1.54, 1.807) is 29.4 Å². The fraction of sp³-hybridized carbons (Fsp3) is 0.538. The maximum absolute atomic E-state index is 12.5. The van der Waals surface area contributed by atoms with Gasteiger partial charge in [0.25, 0.3) is 5.91 Å². The van der Waals surface area contributed by atoms with E-state index in [1.165, 1.54) is 0 Å². The number of nitrogens with one attached hydrogen (secondary N) is 1. The second-order valence-electron chi connectivity index (χ2n) is 5.00. The van der Waals surface area contributed by atoms with Gasteiger partial charge in [-0.2, -0.15) is 0 Å². The fourth-order valence-electron chi connectivity index (χ4n) is 2.39. The number of piperidine rings is 1. The van der Waals surface area contributed by atoms with Crippen LogP contribution in [0, 0.1) is 0 Å². The number of likely N-dealkylation sites (tertiary alicyclic amines) is 1. The van der Waals surface area contributed by atoms with Gasteiger partial charge >= 0.3 is 0 Å². The quantitative estimate of drug-likeness (QED) is 0.884. The number of carbonyl (C=O) groups excluding carboxylic acids is 1. The van der Waals surface area contributed by atoms with Crippen LogP contribution in [0.25, 0.3) is 0 Å². The van der Waals surface area contributed by atoms with Crippen LogP contribution < -0.4 is 4.72 Å². The molecule has 1 aromatic heterocycles. The van der Waals surface area contributed by atoms with Gasteiger partial charge in [0.2, 0.25) is 10.0 Å². The van der Waals surface area contributed by atoms with Crippen LogP contribution in [0.2, 0.25) is 0 Å². The van der Waals surface area contributed by atoms with Crippen molar-refractivity contribution in [3.63, 3.8) is 0 Å². The van der Waals surface area contributed by atoms with Crippen molar-refractivity contribution in [3.8, 4) is 0 Å². The Morgan fingerprint density at radius 2 is 2.10 bits per heavy atom. The molecule has 1 N–H and O–H groups in total. The van der Waals surface area contributed by atoms with E-state index >= 15 is 0 Å². The van der Waals surface area contributed by atoms with Gasteiger partial charge in [-0.15, -0.1) is 0 Å². The Morgan fingerprint density at radius 3 is 2.75 bits per heavy atom. The third-order valence-electron chi connectivity index (χ3n) is 3.40. The summed E-state index contributed by atoms with van der Waals surface area (Å²) in [6.45, 7) is 0.937. The normalized spacial score (nSPS) is 19.9. The van der Waals surface area contributed by atoms with Gasteiger partial charge in [0.1, 0.15) is 0 Å². The van der Waals surface area contributed by atoms with Crippen LogP contribution in [0.3, 0.4) is 0 Å². The summed E-state index contributed by atoms with van der Waals surface area (Å²) in [5.41, 5.74) is 0.589. The lowest BCUT2D eigenvalue weighted by Crippen LogP contribution is -2.49. The van der Waals surface area contributed by atoms with E-state index in [-0.39, 0.29) is 18.5 Å². The smallest absolute Gasteiger partial charge is 0.254 e. The molecule has 0 saturated carbocycles. The van der Waals surface area contributed by atoms with Crippen molar-refractivity contribution >= 4 is 15.9 Å². The summed E-state index contributed by atoms with van der Waals surface area (Å²) in [5, 5.41) is 0. The maximum atomic E-state index is 12.5. The summed E-state index contributed by atoms with van der Waals surface area (Å²) < 4.78 is 24.9. The molecule has 2 heterocycles. The highest BCUT2D eigenvalue weighted by molar-refractivity contribution is 7.88. The van der Waals surface area contributed by atoms with Crippen LogP contribution in [0.5, 0.6) is 0 Å². The average Bonchev–Trinajstić information content (AvgIpc) is 2.45. The number of carbonyl (C=O) groups is 1. The highest BCUT2D eigenvalue weighted by Gasteiger charge is 2.27. The molecule has 1 saturated heterocycles. The number of rotatable bonds is 4. The number of hydrogen-bond donors (Lipinski definition) is 1. The van der Waals surface area contributed by atoms with Crippen LogP contribution >= 0.6 is 0 Å². The van der Waals surface area contributed by atoms with Gasteiger partial charge < -0.3 is 4.90 Å². The number of hydrogen-bond acceptors (Lipinski definition) is 4. The van der Waals surface area contributed by atoms with Gasteiger partial charge in [0, 0.05) is 37.1 Å². The Bertz CT molecular complexity index is 559. The minimum absolute atomic E-state index is 0.0626. The molecule has 0 aliphatic carbocycles. The average molecular weight is 297 g/mol. The molecular formula is C13H19N3O3S. The molecule has 7 heteroatoms. The molecule has 2 rings (SSSR count). The lowest BCUT2D eigenvalue weighted by atomic mass is 10.0. The third-order valence-corrected chi connectivity index (χ3v) is 4.09. The van der Waals surface area contributed by atoms with E-state index in [2.05, 4.69) is 9.71 Å². The molecule has 0 spiro atoms. The Morgan fingerprint density at radius 1 is 1.40 bits per heavy atom. The number of aromatic nitrogens is 1. The Hall–Kier alpha value is -1.47. The number of amides is 1. The molecule has 0 unspecified atom stereocenters. The molecule has 1 aliphatic rings. The molecule has 1 amide bonds. The topological polar surface area (TPSA) is 79.4 Å². The van der Waals surface area contributed by atoms with Crippen molar-refractivity contribution in [3.05, 3.63) is 30.1 Å². The number of nitrogens with zero attached hydrogens (tertiary/aromatic N) is 2. The highest BCUT2D eigenvalue weighted by atomic mass is 32.2. The summed E-state index contributed by atoms with van der Waals surface area (Å²) in [7, 11) is -3.24. The zero-order valence-electron chi connectivity index (χ0n) is 11.4. The fourth-order valence-corrected chi connectivity index (χ4v) is 2.88. The Balaban J connectivity index is 2.09. The highest BCUT2D eigenvalue weighted by Crippen LogP contribution is 2.19. The first-order valence-electron chi connectivity index (χ1n) is 6.63. The van der Waals surface area contributed by atoms with E-state index in [4.69, 9.17) is 0 Å².